The van der Waals surface area contributed by atoms with Crippen LogP contribution in [-0.2, 0) is 36.8 Å². The number of nitrogens with zero attached hydrogens (tertiary/aromatic N) is 2. The number of halogens is 6. The van der Waals surface area contributed by atoms with Crippen molar-refractivity contribution < 1.29 is 48.0 Å². The first kappa shape index (κ1) is 28.9. The normalized spacial score (nSPS) is 18.2. The predicted molar refractivity (Wildman–Crippen MR) is 120 cm³/mol. The van der Waals surface area contributed by atoms with Gasteiger partial charge in [0.2, 0.25) is 5.91 Å². The summed E-state index contributed by atoms with van der Waals surface area (Å²) in [6, 6.07) is 3.60. The Bertz CT molecular complexity index is 1430. The molecule has 1 amide bonds. The van der Waals surface area contributed by atoms with Crippen LogP contribution in [0.4, 0.5) is 32.2 Å². The fourth-order valence-electron chi connectivity index (χ4n) is 4.08. The molecule has 1 atom stereocenters. The van der Waals surface area contributed by atoms with Crippen LogP contribution in [0.1, 0.15) is 37.8 Å². The van der Waals surface area contributed by atoms with Crippen LogP contribution in [0.25, 0.3) is 0 Å². The van der Waals surface area contributed by atoms with Gasteiger partial charge in [-0.25, -0.2) is 21.8 Å². The smallest absolute Gasteiger partial charge is 0.296 e. The summed E-state index contributed by atoms with van der Waals surface area (Å²) in [7, 11) is -8.64. The van der Waals surface area contributed by atoms with Crippen molar-refractivity contribution >= 4 is 31.4 Å². The third-order valence-corrected chi connectivity index (χ3v) is 10.1. The molecule has 0 N–H and O–H groups in total. The molecule has 1 aliphatic rings. The molecule has 1 aromatic carbocycles. The van der Waals surface area contributed by atoms with Crippen molar-refractivity contribution in [2.75, 3.05) is 17.7 Å². The molecule has 0 aliphatic carbocycles. The van der Waals surface area contributed by atoms with E-state index in [-0.39, 0.29) is 13.0 Å². The summed E-state index contributed by atoms with van der Waals surface area (Å²) in [6.45, 7) is 2.27. The lowest BCUT2D eigenvalue weighted by atomic mass is 9.85. The maximum absolute atomic E-state index is 13.3. The second-order valence-electron chi connectivity index (χ2n) is 9.18. The molecule has 1 saturated heterocycles. The van der Waals surface area contributed by atoms with Gasteiger partial charge in [0.25, 0.3) is 0 Å². The lowest BCUT2D eigenvalue weighted by molar-refractivity contribution is -0.138. The van der Waals surface area contributed by atoms with Crippen molar-refractivity contribution in [3.8, 4) is 0 Å². The van der Waals surface area contributed by atoms with Gasteiger partial charge in [-0.2, -0.15) is 26.3 Å². The van der Waals surface area contributed by atoms with E-state index in [2.05, 4.69) is 4.98 Å². The van der Waals surface area contributed by atoms with Crippen LogP contribution in [0.5, 0.6) is 0 Å². The number of carbonyl (C=O) groups excluding carboxylic acids is 1. The minimum absolute atomic E-state index is 0.0389. The van der Waals surface area contributed by atoms with Crippen molar-refractivity contribution in [1.82, 2.24) is 4.98 Å². The van der Waals surface area contributed by atoms with Crippen LogP contribution in [0, 0.1) is 5.92 Å². The Morgan fingerprint density at radius 3 is 2.05 bits per heavy atom. The number of amides is 1. The number of hydrogen-bond acceptors (Lipinski definition) is 6. The molecule has 0 radical (unpaired) electrons. The van der Waals surface area contributed by atoms with Crippen LogP contribution < -0.4 is 4.90 Å². The molecule has 1 aliphatic heterocycles. The van der Waals surface area contributed by atoms with Crippen molar-refractivity contribution in [3.05, 3.63) is 47.7 Å². The van der Waals surface area contributed by atoms with E-state index in [0.717, 1.165) is 23.1 Å². The van der Waals surface area contributed by atoms with E-state index in [1.165, 1.54) is 13.8 Å². The standard InChI is InChI=1S/C22H22F6N2O5S2/c1-20(2,37(34,35)16-6-4-5-14(9-16)21(23,24)25)13-7-8-30(18(31)11-13)19-17(36(3,32)33)10-15(12-29-19)22(26,27)28/h4-6,9-10,12-13H,7-8,11H2,1-3H3/t13-/m1/s1. The molecular weight excluding hydrogens is 550 g/mol. The van der Waals surface area contributed by atoms with Gasteiger partial charge in [0.1, 0.15) is 4.90 Å². The van der Waals surface area contributed by atoms with Gasteiger partial charge in [-0.3, -0.25) is 9.69 Å². The topological polar surface area (TPSA) is 101 Å². The SMILES string of the molecule is CC(C)([C@@H]1CCN(c2ncc(C(F)(F)F)cc2S(C)(=O)=O)C(=O)C1)S(=O)(=O)c1cccc(C(F)(F)F)c1. The first-order valence-electron chi connectivity index (χ1n) is 10.7. The van der Waals surface area contributed by atoms with Crippen molar-refractivity contribution in [2.24, 2.45) is 5.92 Å². The van der Waals surface area contributed by atoms with Crippen LogP contribution in [0.15, 0.2) is 46.3 Å². The highest BCUT2D eigenvalue weighted by molar-refractivity contribution is 7.92. The van der Waals surface area contributed by atoms with Crippen LogP contribution in [0.3, 0.4) is 0 Å². The number of rotatable bonds is 5. The molecule has 2 heterocycles. The summed E-state index contributed by atoms with van der Waals surface area (Å²) in [5.41, 5.74) is -2.48. The molecule has 7 nitrogen and oxygen atoms in total. The molecular formula is C22H22F6N2O5S2. The summed E-state index contributed by atoms with van der Waals surface area (Å²) in [5, 5.41) is 0. The van der Waals surface area contributed by atoms with Gasteiger partial charge < -0.3 is 0 Å². The largest absolute Gasteiger partial charge is 0.417 e. The fraction of sp³-hybridized carbons (Fsp3) is 0.455. The zero-order chi connectivity index (χ0) is 28.2. The van der Waals surface area contributed by atoms with E-state index in [4.69, 9.17) is 0 Å². The Kier molecular flexibility index (Phi) is 7.23. The summed E-state index contributed by atoms with van der Waals surface area (Å²) in [4.78, 5) is 16.1. The number of piperidine rings is 1. The van der Waals surface area contributed by atoms with E-state index in [9.17, 15) is 48.0 Å². The Morgan fingerprint density at radius 1 is 0.946 bits per heavy atom. The maximum atomic E-state index is 13.3. The van der Waals surface area contributed by atoms with E-state index >= 15 is 0 Å². The third-order valence-electron chi connectivity index (χ3n) is 6.39. The number of carbonyl (C=O) groups is 1. The van der Waals surface area contributed by atoms with Crippen molar-refractivity contribution in [2.45, 2.75) is 53.6 Å². The van der Waals surface area contributed by atoms with Crippen molar-refractivity contribution in [3.63, 3.8) is 0 Å². The number of sulfone groups is 2. The van der Waals surface area contributed by atoms with Gasteiger partial charge in [-0.05, 0) is 50.5 Å². The summed E-state index contributed by atoms with van der Waals surface area (Å²) < 4.78 is 128. The molecule has 204 valence electrons. The molecule has 0 unspecified atom stereocenters. The molecule has 0 saturated carbocycles. The minimum atomic E-state index is -4.89. The quantitative estimate of drug-likeness (QED) is 0.489. The lowest BCUT2D eigenvalue weighted by Crippen LogP contribution is -2.49. The second kappa shape index (κ2) is 9.26. The zero-order valence-corrected chi connectivity index (χ0v) is 21.3. The van der Waals surface area contributed by atoms with Gasteiger partial charge in [0.15, 0.2) is 25.5 Å². The number of hydrogen-bond donors (Lipinski definition) is 0. The first-order chi connectivity index (χ1) is 16.7. The van der Waals surface area contributed by atoms with Gasteiger partial charge in [0.05, 0.1) is 20.8 Å². The number of benzene rings is 1. The minimum Gasteiger partial charge on any atom is -0.296 e. The number of pyridine rings is 1. The zero-order valence-electron chi connectivity index (χ0n) is 19.7. The molecule has 0 spiro atoms. The van der Waals surface area contributed by atoms with Gasteiger partial charge in [0, 0.05) is 25.4 Å². The third kappa shape index (κ3) is 5.61. The molecule has 1 fully saturated rings. The predicted octanol–water partition coefficient (Wildman–Crippen LogP) is 4.52. The average molecular weight is 573 g/mol. The van der Waals surface area contributed by atoms with E-state index in [1.54, 1.807) is 0 Å². The molecule has 1 aromatic heterocycles. The van der Waals surface area contributed by atoms with Gasteiger partial charge in [-0.1, -0.05) is 6.07 Å². The average Bonchev–Trinajstić information content (AvgIpc) is 2.77. The summed E-state index contributed by atoms with van der Waals surface area (Å²) >= 11 is 0. The highest BCUT2D eigenvalue weighted by Crippen LogP contribution is 2.41. The van der Waals surface area contributed by atoms with E-state index in [0.29, 0.717) is 24.6 Å². The molecule has 2 aromatic rings. The number of alkyl halides is 6. The van der Waals surface area contributed by atoms with Gasteiger partial charge in [-0.15, -0.1) is 0 Å². The monoisotopic (exact) mass is 572 g/mol. The Balaban J connectivity index is 1.94. The van der Waals surface area contributed by atoms with E-state index in [1.807, 2.05) is 0 Å². The molecule has 0 bridgehead atoms. The van der Waals surface area contributed by atoms with Crippen molar-refractivity contribution in [1.29, 1.82) is 0 Å². The Hall–Kier alpha value is -2.68. The molecule has 37 heavy (non-hydrogen) atoms. The fourth-order valence-corrected chi connectivity index (χ4v) is 6.70. The summed E-state index contributed by atoms with van der Waals surface area (Å²) in [6.07, 6.45) is -9.10. The number of anilines is 1. The summed E-state index contributed by atoms with van der Waals surface area (Å²) in [5.74, 6) is -2.20. The molecule has 15 heteroatoms. The Labute approximate surface area is 209 Å². The Morgan fingerprint density at radius 2 is 1.54 bits per heavy atom. The number of aromatic nitrogens is 1. The highest BCUT2D eigenvalue weighted by atomic mass is 32.2. The molecule has 3 rings (SSSR count). The van der Waals surface area contributed by atoms with E-state index < -0.39 is 81.8 Å². The van der Waals surface area contributed by atoms with Crippen LogP contribution in [0.2, 0.25) is 0 Å². The van der Waals surface area contributed by atoms with Gasteiger partial charge >= 0.3 is 12.4 Å². The maximum Gasteiger partial charge on any atom is 0.417 e. The van der Waals surface area contributed by atoms with Crippen LogP contribution >= 0.6 is 0 Å². The lowest BCUT2D eigenvalue weighted by Gasteiger charge is -2.39. The highest BCUT2D eigenvalue weighted by Gasteiger charge is 2.47. The second-order valence-corrected chi connectivity index (χ2v) is 13.7. The van der Waals surface area contributed by atoms with Crippen LogP contribution in [-0.4, -0.2) is 45.3 Å². The first-order valence-corrected chi connectivity index (χ1v) is 14.0.